The second-order valence-electron chi connectivity index (χ2n) is 18.1. The molecule has 0 bridgehead atoms. The van der Waals surface area contributed by atoms with E-state index >= 15 is 0 Å². The standard InChI is InChI=1S/C48H63ClN10O7S/c1-30-42(50)48(29-66-30)22-26-58(27-23-48)36-28-54-45(43(51)56-36)67-35-17-13-16-33(41(35)49)55-38(61)21-20-37(60)53-25-11-9-7-5-3-2-4-6-8-10-24-52-32-15-12-14-31-40(32)47(65)59(46(31)64)34-18-19-39(62)57-44(34)63/h12-17,28,30,34,42,52H,2-11,18-27,29,50H2,1H3,(H2,51,56)(H,53,60)(H,55,61)(H,57,62,63)/t30-,34?,42+/m0/s1. The van der Waals surface area contributed by atoms with Crippen LogP contribution in [0.25, 0.3) is 0 Å². The van der Waals surface area contributed by atoms with Crippen molar-refractivity contribution in [3.05, 3.63) is 58.7 Å². The summed E-state index contributed by atoms with van der Waals surface area (Å²) in [5, 5.41) is 12.2. The summed E-state index contributed by atoms with van der Waals surface area (Å²) in [6, 6.07) is 9.46. The van der Waals surface area contributed by atoms with Crippen LogP contribution in [0.4, 0.5) is 23.0 Å². The monoisotopic (exact) mass is 958 g/mol. The molecular weight excluding hydrogens is 896 g/mol. The third-order valence-electron chi connectivity index (χ3n) is 13.4. The van der Waals surface area contributed by atoms with Crippen molar-refractivity contribution in [3.63, 3.8) is 0 Å². The third-order valence-corrected chi connectivity index (χ3v) is 15.0. The Bertz CT molecular complexity index is 2310. The van der Waals surface area contributed by atoms with Crippen LogP contribution in [0.1, 0.15) is 130 Å². The molecule has 0 aliphatic carbocycles. The van der Waals surface area contributed by atoms with Crippen molar-refractivity contribution in [2.24, 2.45) is 11.1 Å². The number of unbranched alkanes of at least 4 members (excludes halogenated alkanes) is 9. The topological polar surface area (TPSA) is 244 Å². The number of ether oxygens (including phenoxy) is 1. The molecule has 19 heteroatoms. The quantitative estimate of drug-likeness (QED) is 0.0469. The predicted octanol–water partition coefficient (Wildman–Crippen LogP) is 6.45. The maximum atomic E-state index is 13.3. The van der Waals surface area contributed by atoms with Gasteiger partial charge in [-0.1, -0.05) is 86.9 Å². The van der Waals surface area contributed by atoms with Crippen LogP contribution in [0, 0.1) is 5.41 Å². The first kappa shape index (κ1) is 49.6. The lowest BCUT2D eigenvalue weighted by atomic mass is 9.73. The number of nitrogen functional groups attached to an aromatic ring is 1. The average molecular weight is 960 g/mol. The Morgan fingerprint density at radius 2 is 1.55 bits per heavy atom. The number of anilines is 4. The number of nitrogens with two attached hydrogens (primary N) is 2. The highest BCUT2D eigenvalue weighted by Crippen LogP contribution is 2.43. The molecule has 5 heterocycles. The van der Waals surface area contributed by atoms with Crippen molar-refractivity contribution >= 4 is 81.8 Å². The fraction of sp³-hybridized carbons (Fsp3) is 0.542. The minimum Gasteiger partial charge on any atom is -0.384 e. The largest absolute Gasteiger partial charge is 0.384 e. The number of nitrogens with zero attached hydrogens (tertiary/aromatic N) is 4. The number of imide groups is 2. The van der Waals surface area contributed by atoms with Gasteiger partial charge in [0, 0.05) is 67.5 Å². The van der Waals surface area contributed by atoms with Crippen LogP contribution in [0.3, 0.4) is 0 Å². The van der Waals surface area contributed by atoms with Crippen LogP contribution in [-0.2, 0) is 23.9 Å². The summed E-state index contributed by atoms with van der Waals surface area (Å²) in [4.78, 5) is 88.7. The van der Waals surface area contributed by atoms with Gasteiger partial charge in [-0.15, -0.1) is 0 Å². The number of benzene rings is 2. The highest BCUT2D eigenvalue weighted by Gasteiger charge is 2.48. The molecule has 2 aromatic carbocycles. The number of fused-ring (bicyclic) bond motifs is 1. The number of nitrogens with one attached hydrogen (secondary N) is 4. The first-order chi connectivity index (χ1) is 32.3. The first-order valence-electron chi connectivity index (χ1n) is 23.7. The van der Waals surface area contributed by atoms with E-state index in [1.807, 2.05) is 13.0 Å². The van der Waals surface area contributed by atoms with E-state index in [-0.39, 0.29) is 66.2 Å². The fourth-order valence-corrected chi connectivity index (χ4v) is 10.5. The molecular formula is C48H63ClN10O7S. The van der Waals surface area contributed by atoms with Crippen LogP contribution < -0.4 is 37.6 Å². The number of carbonyl (C=O) groups excluding carboxylic acids is 6. The zero-order chi connectivity index (χ0) is 47.5. The van der Waals surface area contributed by atoms with E-state index in [2.05, 4.69) is 36.1 Å². The molecule has 3 atom stereocenters. The lowest BCUT2D eigenvalue weighted by molar-refractivity contribution is -0.136. The number of hydrogen-bond donors (Lipinski definition) is 6. The van der Waals surface area contributed by atoms with Gasteiger partial charge in [0.2, 0.25) is 23.6 Å². The molecule has 3 saturated heterocycles. The van der Waals surface area contributed by atoms with Gasteiger partial charge in [-0.25, -0.2) is 9.97 Å². The summed E-state index contributed by atoms with van der Waals surface area (Å²) in [6.07, 6.45) is 14.6. The van der Waals surface area contributed by atoms with Gasteiger partial charge in [-0.2, -0.15) is 0 Å². The molecule has 1 unspecified atom stereocenters. The van der Waals surface area contributed by atoms with Crippen molar-refractivity contribution in [1.29, 1.82) is 0 Å². The smallest absolute Gasteiger partial charge is 0.264 e. The SMILES string of the molecule is C[C@@H]1OCC2(CCN(c3cnc(Sc4cccc(NC(=O)CCC(=O)NCCCCCCCCCCCCNc5cccc6c5C(=O)N(C5CCC(=O)NC5=O)C6=O)c4Cl)c(N)n3)CC2)[C@@H]1N. The fourth-order valence-electron chi connectivity index (χ4n) is 9.36. The van der Waals surface area contributed by atoms with E-state index in [0.29, 0.717) is 57.7 Å². The highest BCUT2D eigenvalue weighted by atomic mass is 35.5. The molecule has 3 aromatic rings. The zero-order valence-corrected chi connectivity index (χ0v) is 39.8. The number of halogens is 1. The van der Waals surface area contributed by atoms with Crippen molar-refractivity contribution in [3.8, 4) is 0 Å². The molecule has 17 nitrogen and oxygen atoms in total. The number of aromatic nitrogens is 2. The molecule has 8 N–H and O–H groups in total. The highest BCUT2D eigenvalue weighted by molar-refractivity contribution is 7.99. The summed E-state index contributed by atoms with van der Waals surface area (Å²) in [5.41, 5.74) is 14.4. The Hall–Kier alpha value is -5.30. The Morgan fingerprint density at radius 3 is 2.22 bits per heavy atom. The van der Waals surface area contributed by atoms with Gasteiger partial charge in [0.15, 0.2) is 5.82 Å². The summed E-state index contributed by atoms with van der Waals surface area (Å²) >= 11 is 7.99. The van der Waals surface area contributed by atoms with Gasteiger partial charge in [-0.3, -0.25) is 39.0 Å². The number of piperidine rings is 2. The van der Waals surface area contributed by atoms with E-state index in [4.69, 9.17) is 27.8 Å². The van der Waals surface area contributed by atoms with Crippen LogP contribution >= 0.6 is 23.4 Å². The van der Waals surface area contributed by atoms with Crippen LogP contribution in [0.2, 0.25) is 5.02 Å². The van der Waals surface area contributed by atoms with E-state index < -0.39 is 29.7 Å². The van der Waals surface area contributed by atoms with E-state index in [0.717, 1.165) is 95.0 Å². The number of hydrogen-bond acceptors (Lipinski definition) is 14. The zero-order valence-electron chi connectivity index (χ0n) is 38.2. The molecule has 67 heavy (non-hydrogen) atoms. The maximum Gasteiger partial charge on any atom is 0.264 e. The summed E-state index contributed by atoms with van der Waals surface area (Å²) in [6.45, 7) is 5.55. The third kappa shape index (κ3) is 12.2. The first-order valence-corrected chi connectivity index (χ1v) is 24.9. The van der Waals surface area contributed by atoms with Crippen molar-refractivity contribution in [2.75, 3.05) is 54.1 Å². The van der Waals surface area contributed by atoms with Gasteiger partial charge in [0.25, 0.3) is 11.8 Å². The number of rotatable bonds is 22. The molecule has 3 fully saturated rings. The number of carbonyl (C=O) groups is 6. The number of amides is 6. The summed E-state index contributed by atoms with van der Waals surface area (Å²) < 4.78 is 5.86. The summed E-state index contributed by atoms with van der Waals surface area (Å²) in [5.74, 6) is -1.51. The van der Waals surface area contributed by atoms with E-state index in [9.17, 15) is 28.8 Å². The average Bonchev–Trinajstić information content (AvgIpc) is 3.73. The van der Waals surface area contributed by atoms with Crippen LogP contribution in [0.5, 0.6) is 0 Å². The Labute approximate surface area is 401 Å². The molecule has 360 valence electrons. The minimum absolute atomic E-state index is 0.00451. The molecule has 0 radical (unpaired) electrons. The Morgan fingerprint density at radius 1 is 0.896 bits per heavy atom. The molecule has 4 aliphatic rings. The molecule has 0 saturated carbocycles. The van der Waals surface area contributed by atoms with Crippen LogP contribution in [0.15, 0.2) is 52.5 Å². The second kappa shape index (κ2) is 23.1. The lowest BCUT2D eigenvalue weighted by Crippen LogP contribution is -2.54. The van der Waals surface area contributed by atoms with Crippen LogP contribution in [-0.4, -0.2) is 101 Å². The normalized spacial score (nSPS) is 20.0. The Balaban J connectivity index is 0.702. The van der Waals surface area contributed by atoms with Crippen molar-refractivity contribution < 1.29 is 33.5 Å². The van der Waals surface area contributed by atoms with Gasteiger partial charge in [-0.05, 0) is 63.3 Å². The molecule has 1 aromatic heterocycles. The maximum absolute atomic E-state index is 13.3. The molecule has 1 spiro atoms. The summed E-state index contributed by atoms with van der Waals surface area (Å²) in [7, 11) is 0. The van der Waals surface area contributed by atoms with Gasteiger partial charge in [0.05, 0.1) is 40.7 Å². The predicted molar refractivity (Wildman–Crippen MR) is 258 cm³/mol. The minimum atomic E-state index is -0.986. The molecule has 6 amide bonds. The molecule has 4 aliphatic heterocycles. The van der Waals surface area contributed by atoms with Gasteiger partial charge < -0.3 is 37.1 Å². The van der Waals surface area contributed by atoms with Gasteiger partial charge in [0.1, 0.15) is 16.9 Å². The van der Waals surface area contributed by atoms with E-state index in [1.165, 1.54) is 11.8 Å². The molecule has 7 rings (SSSR count). The van der Waals surface area contributed by atoms with Crippen molar-refractivity contribution in [1.82, 2.24) is 25.5 Å². The van der Waals surface area contributed by atoms with Crippen molar-refractivity contribution in [2.45, 2.75) is 138 Å². The lowest BCUT2D eigenvalue weighted by Gasteiger charge is -2.41. The Kier molecular flexibility index (Phi) is 17.1. The second-order valence-corrected chi connectivity index (χ2v) is 19.5. The van der Waals surface area contributed by atoms with E-state index in [1.54, 1.807) is 36.5 Å². The van der Waals surface area contributed by atoms with Gasteiger partial charge >= 0.3 is 0 Å².